The van der Waals surface area contributed by atoms with Gasteiger partial charge in [0.15, 0.2) is 0 Å². The standard InChI is InChI=1S/C31H50O2/c1-8-23(20(2)3)10-9-21(4)27-13-14-28-26-12-11-24-19-25(33-22(5)32)15-17-30(24,6)29(26)16-18-31(27,28)7/h9-11,20-21,23,25-29H,8,12-19H2,1-7H3/b10-9-. The summed E-state index contributed by atoms with van der Waals surface area (Å²) in [5.74, 6) is 5.41. The predicted molar refractivity (Wildman–Crippen MR) is 138 cm³/mol. The van der Waals surface area contributed by atoms with Gasteiger partial charge in [0, 0.05) is 13.3 Å². The summed E-state index contributed by atoms with van der Waals surface area (Å²) in [4.78, 5) is 11.5. The van der Waals surface area contributed by atoms with E-state index in [2.05, 4.69) is 59.8 Å². The molecule has 0 aromatic rings. The van der Waals surface area contributed by atoms with Crippen LogP contribution in [0, 0.1) is 52.3 Å². The number of rotatable bonds is 6. The molecule has 3 fully saturated rings. The van der Waals surface area contributed by atoms with Crippen LogP contribution in [0.15, 0.2) is 23.8 Å². The third kappa shape index (κ3) is 4.50. The highest BCUT2D eigenvalue weighted by atomic mass is 16.5. The fourth-order valence-corrected chi connectivity index (χ4v) is 9.15. The van der Waals surface area contributed by atoms with Gasteiger partial charge in [-0.05, 0) is 104 Å². The van der Waals surface area contributed by atoms with Crippen LogP contribution in [0.5, 0.6) is 0 Å². The van der Waals surface area contributed by atoms with Gasteiger partial charge in [-0.3, -0.25) is 4.79 Å². The maximum Gasteiger partial charge on any atom is 0.302 e. The van der Waals surface area contributed by atoms with Crippen LogP contribution in [-0.4, -0.2) is 12.1 Å². The smallest absolute Gasteiger partial charge is 0.302 e. The minimum atomic E-state index is -0.120. The van der Waals surface area contributed by atoms with Gasteiger partial charge in [-0.2, -0.15) is 0 Å². The molecule has 0 aliphatic heterocycles. The number of carbonyl (C=O) groups is 1. The molecule has 9 unspecified atom stereocenters. The predicted octanol–water partition coefficient (Wildman–Crippen LogP) is 8.37. The van der Waals surface area contributed by atoms with Crippen molar-refractivity contribution in [1.29, 1.82) is 0 Å². The molecule has 0 aromatic heterocycles. The van der Waals surface area contributed by atoms with Crippen molar-refractivity contribution >= 4 is 5.97 Å². The highest BCUT2D eigenvalue weighted by Crippen LogP contribution is 2.67. The third-order valence-electron chi connectivity index (χ3n) is 11.1. The molecule has 0 radical (unpaired) electrons. The van der Waals surface area contributed by atoms with Crippen LogP contribution in [-0.2, 0) is 9.53 Å². The summed E-state index contributed by atoms with van der Waals surface area (Å²) < 4.78 is 5.62. The van der Waals surface area contributed by atoms with Gasteiger partial charge in [0.05, 0.1) is 0 Å². The van der Waals surface area contributed by atoms with E-state index in [1.807, 2.05) is 0 Å². The van der Waals surface area contributed by atoms with Crippen molar-refractivity contribution in [3.63, 3.8) is 0 Å². The van der Waals surface area contributed by atoms with Crippen LogP contribution in [0.25, 0.3) is 0 Å². The second kappa shape index (κ2) is 9.54. The zero-order valence-electron chi connectivity index (χ0n) is 22.5. The van der Waals surface area contributed by atoms with Gasteiger partial charge in [0.2, 0.25) is 0 Å². The van der Waals surface area contributed by atoms with Crippen molar-refractivity contribution in [2.24, 2.45) is 52.3 Å². The second-order valence-corrected chi connectivity index (χ2v) is 13.0. The lowest BCUT2D eigenvalue weighted by Crippen LogP contribution is -2.51. The molecule has 0 amide bonds. The van der Waals surface area contributed by atoms with E-state index in [-0.39, 0.29) is 12.1 Å². The fraction of sp³-hybridized carbons (Fsp3) is 0.839. The molecule has 4 aliphatic carbocycles. The van der Waals surface area contributed by atoms with Crippen molar-refractivity contribution < 1.29 is 9.53 Å². The zero-order chi connectivity index (χ0) is 24.0. The monoisotopic (exact) mass is 454 g/mol. The molecular weight excluding hydrogens is 404 g/mol. The third-order valence-corrected chi connectivity index (χ3v) is 11.1. The molecule has 0 spiro atoms. The maximum absolute atomic E-state index is 11.5. The molecule has 4 aliphatic rings. The van der Waals surface area contributed by atoms with Crippen molar-refractivity contribution in [3.8, 4) is 0 Å². The highest BCUT2D eigenvalue weighted by Gasteiger charge is 2.59. The lowest BCUT2D eigenvalue weighted by molar-refractivity contribution is -0.148. The first kappa shape index (κ1) is 25.1. The first-order valence-corrected chi connectivity index (χ1v) is 14.1. The largest absolute Gasteiger partial charge is 0.462 e. The maximum atomic E-state index is 11.5. The summed E-state index contributed by atoms with van der Waals surface area (Å²) in [7, 11) is 0. The first-order valence-electron chi connectivity index (χ1n) is 14.1. The molecule has 186 valence electrons. The van der Waals surface area contributed by atoms with Crippen LogP contribution in [0.4, 0.5) is 0 Å². The molecule has 2 heteroatoms. The van der Waals surface area contributed by atoms with Gasteiger partial charge in [0.1, 0.15) is 6.10 Å². The molecule has 0 bridgehead atoms. The van der Waals surface area contributed by atoms with Gasteiger partial charge in [-0.15, -0.1) is 0 Å². The Morgan fingerprint density at radius 3 is 2.52 bits per heavy atom. The normalized spacial score (nSPS) is 42.3. The summed E-state index contributed by atoms with van der Waals surface area (Å²) in [6, 6.07) is 0. The molecule has 33 heavy (non-hydrogen) atoms. The molecular formula is C31H50O2. The van der Waals surface area contributed by atoms with E-state index in [0.717, 1.165) is 48.3 Å². The van der Waals surface area contributed by atoms with E-state index >= 15 is 0 Å². The zero-order valence-corrected chi connectivity index (χ0v) is 22.5. The Morgan fingerprint density at radius 1 is 1.09 bits per heavy atom. The molecule has 0 N–H and O–H groups in total. The fourth-order valence-electron chi connectivity index (χ4n) is 9.15. The summed E-state index contributed by atoms with van der Waals surface area (Å²) in [6.07, 6.45) is 19.2. The van der Waals surface area contributed by atoms with Gasteiger partial charge in [-0.1, -0.05) is 65.3 Å². The lowest BCUT2D eigenvalue weighted by Gasteiger charge is -2.58. The average molecular weight is 455 g/mol. The van der Waals surface area contributed by atoms with Crippen molar-refractivity contribution in [3.05, 3.63) is 23.8 Å². The minimum Gasteiger partial charge on any atom is -0.462 e. The number of ether oxygens (including phenoxy) is 1. The van der Waals surface area contributed by atoms with Crippen LogP contribution in [0.2, 0.25) is 0 Å². The number of esters is 1. The average Bonchev–Trinajstić information content (AvgIpc) is 3.11. The van der Waals surface area contributed by atoms with Crippen molar-refractivity contribution in [2.45, 2.75) is 112 Å². The van der Waals surface area contributed by atoms with Crippen LogP contribution in [0.1, 0.15) is 106 Å². The van der Waals surface area contributed by atoms with E-state index in [1.165, 1.54) is 44.9 Å². The quantitative estimate of drug-likeness (QED) is 0.297. The molecule has 9 atom stereocenters. The molecule has 0 heterocycles. The Balaban J connectivity index is 1.49. The molecule has 3 saturated carbocycles. The number of allylic oxidation sites excluding steroid dienone is 3. The van der Waals surface area contributed by atoms with Gasteiger partial charge in [-0.25, -0.2) is 0 Å². The van der Waals surface area contributed by atoms with E-state index in [4.69, 9.17) is 4.74 Å². The van der Waals surface area contributed by atoms with E-state index < -0.39 is 0 Å². The second-order valence-electron chi connectivity index (χ2n) is 13.0. The van der Waals surface area contributed by atoms with Crippen LogP contribution < -0.4 is 0 Å². The molecule has 2 nitrogen and oxygen atoms in total. The summed E-state index contributed by atoms with van der Waals surface area (Å²) >= 11 is 0. The minimum absolute atomic E-state index is 0.105. The van der Waals surface area contributed by atoms with E-state index in [1.54, 1.807) is 12.5 Å². The van der Waals surface area contributed by atoms with Crippen molar-refractivity contribution in [2.75, 3.05) is 0 Å². The Kier molecular flexibility index (Phi) is 7.24. The summed E-state index contributed by atoms with van der Waals surface area (Å²) in [6.45, 7) is 16.3. The number of hydrogen-bond acceptors (Lipinski definition) is 2. The number of hydrogen-bond donors (Lipinski definition) is 0. The van der Waals surface area contributed by atoms with Crippen molar-refractivity contribution in [1.82, 2.24) is 0 Å². The Hall–Kier alpha value is -1.05. The number of fused-ring (bicyclic) bond motifs is 5. The van der Waals surface area contributed by atoms with Gasteiger partial charge >= 0.3 is 5.97 Å². The SMILES string of the molecule is CCC(/C=C\C(C)C1CCC2C3CC=C4CC(OC(C)=O)CCC4(C)C3CCC12C)C(C)C. The Morgan fingerprint density at radius 2 is 1.85 bits per heavy atom. The van der Waals surface area contributed by atoms with Crippen LogP contribution >= 0.6 is 0 Å². The first-order chi connectivity index (χ1) is 15.6. The molecule has 0 aromatic carbocycles. The lowest BCUT2D eigenvalue weighted by atomic mass is 9.47. The highest BCUT2D eigenvalue weighted by molar-refractivity contribution is 5.66. The topological polar surface area (TPSA) is 26.3 Å². The summed E-state index contributed by atoms with van der Waals surface area (Å²) in [5, 5.41) is 0. The van der Waals surface area contributed by atoms with E-state index in [9.17, 15) is 4.79 Å². The molecule has 4 rings (SSSR count). The Bertz CT molecular complexity index is 778. The summed E-state index contributed by atoms with van der Waals surface area (Å²) in [5.41, 5.74) is 2.44. The van der Waals surface area contributed by atoms with Crippen LogP contribution in [0.3, 0.4) is 0 Å². The van der Waals surface area contributed by atoms with Gasteiger partial charge < -0.3 is 4.74 Å². The number of carbonyl (C=O) groups excluding carboxylic acids is 1. The van der Waals surface area contributed by atoms with E-state index in [0.29, 0.717) is 16.7 Å². The molecule has 0 saturated heterocycles. The van der Waals surface area contributed by atoms with Gasteiger partial charge in [0.25, 0.3) is 0 Å². The Labute approximate surface area is 204 Å².